The van der Waals surface area contributed by atoms with Gasteiger partial charge in [0.25, 0.3) is 0 Å². The number of hydrogen-bond acceptors (Lipinski definition) is 4. The summed E-state index contributed by atoms with van der Waals surface area (Å²) in [5, 5.41) is 3.02. The molecule has 1 saturated heterocycles. The lowest BCUT2D eigenvalue weighted by Gasteiger charge is -2.34. The minimum absolute atomic E-state index is 0.0711. The molecule has 0 aromatic heterocycles. The molecule has 5 heteroatoms. The normalized spacial score (nSPS) is 21.3. The minimum Gasteiger partial charge on any atom is -0.468 e. The maximum absolute atomic E-state index is 12.2. The molecule has 19 heavy (non-hydrogen) atoms. The van der Waals surface area contributed by atoms with Crippen molar-refractivity contribution in [2.75, 3.05) is 20.2 Å². The van der Waals surface area contributed by atoms with Gasteiger partial charge >= 0.3 is 5.97 Å². The van der Waals surface area contributed by atoms with Gasteiger partial charge < -0.3 is 9.64 Å². The predicted molar refractivity (Wildman–Crippen MR) is 73.7 cm³/mol. The summed E-state index contributed by atoms with van der Waals surface area (Å²) in [4.78, 5) is 25.7. The van der Waals surface area contributed by atoms with Crippen LogP contribution in [0.15, 0.2) is 0 Å². The Morgan fingerprint density at radius 2 is 2.05 bits per heavy atom. The minimum atomic E-state index is -0.422. The van der Waals surface area contributed by atoms with Crippen LogP contribution in [0.1, 0.15) is 40.0 Å². The number of piperidine rings is 1. The molecule has 1 rings (SSSR count). The number of methoxy groups -OCH3 is 1. The molecule has 2 atom stereocenters. The smallest absolute Gasteiger partial charge is 0.323 e. The van der Waals surface area contributed by atoms with Gasteiger partial charge in [0, 0.05) is 12.6 Å². The van der Waals surface area contributed by atoms with Crippen molar-refractivity contribution in [3.05, 3.63) is 0 Å². The highest BCUT2D eigenvalue weighted by Crippen LogP contribution is 2.16. The third-order valence-corrected chi connectivity index (χ3v) is 3.72. The van der Waals surface area contributed by atoms with Crippen molar-refractivity contribution in [1.82, 2.24) is 10.2 Å². The molecule has 5 nitrogen and oxygen atoms in total. The van der Waals surface area contributed by atoms with Gasteiger partial charge in [-0.1, -0.05) is 13.8 Å². The van der Waals surface area contributed by atoms with Crippen LogP contribution in [0.3, 0.4) is 0 Å². The first-order valence-corrected chi connectivity index (χ1v) is 7.08. The molecule has 110 valence electrons. The molecule has 1 aliphatic rings. The summed E-state index contributed by atoms with van der Waals surface area (Å²) < 4.78 is 4.75. The first-order chi connectivity index (χ1) is 8.97. The van der Waals surface area contributed by atoms with Crippen LogP contribution in [0.4, 0.5) is 0 Å². The quantitative estimate of drug-likeness (QED) is 0.762. The van der Waals surface area contributed by atoms with Crippen LogP contribution in [0, 0.1) is 5.92 Å². The number of carbonyl (C=O) groups excluding carboxylic acids is 2. The Balaban J connectivity index is 2.49. The molecule has 0 saturated carbocycles. The Morgan fingerprint density at radius 3 is 2.58 bits per heavy atom. The van der Waals surface area contributed by atoms with Crippen LogP contribution in [0.5, 0.6) is 0 Å². The zero-order valence-corrected chi connectivity index (χ0v) is 12.4. The van der Waals surface area contributed by atoms with Crippen LogP contribution in [0.25, 0.3) is 0 Å². The van der Waals surface area contributed by atoms with Crippen LogP contribution in [-0.2, 0) is 14.3 Å². The number of esters is 1. The topological polar surface area (TPSA) is 58.6 Å². The van der Waals surface area contributed by atoms with Gasteiger partial charge in [0.2, 0.25) is 5.91 Å². The van der Waals surface area contributed by atoms with Gasteiger partial charge in [0.1, 0.15) is 6.04 Å². The lowest BCUT2D eigenvalue weighted by molar-refractivity contribution is -0.144. The molecular weight excluding hydrogens is 244 g/mol. The summed E-state index contributed by atoms with van der Waals surface area (Å²) in [6.07, 6.45) is 3.33. The number of nitrogens with one attached hydrogen (secondary N) is 1. The molecule has 0 radical (unpaired) electrons. The number of amides is 1. The van der Waals surface area contributed by atoms with Crippen molar-refractivity contribution in [3.63, 3.8) is 0 Å². The van der Waals surface area contributed by atoms with Gasteiger partial charge in [0.05, 0.1) is 13.7 Å². The van der Waals surface area contributed by atoms with Crippen molar-refractivity contribution in [2.45, 2.75) is 52.1 Å². The van der Waals surface area contributed by atoms with E-state index in [1.54, 1.807) is 0 Å². The third-order valence-electron chi connectivity index (χ3n) is 3.72. The number of nitrogens with zero attached hydrogens (tertiary/aromatic N) is 1. The Morgan fingerprint density at radius 1 is 1.37 bits per heavy atom. The second-order valence-electron chi connectivity index (χ2n) is 5.56. The molecule has 1 amide bonds. The molecule has 0 aliphatic carbocycles. The van der Waals surface area contributed by atoms with Gasteiger partial charge in [-0.25, -0.2) is 0 Å². The highest BCUT2D eigenvalue weighted by atomic mass is 16.5. The first kappa shape index (κ1) is 16.0. The molecule has 1 fully saturated rings. The van der Waals surface area contributed by atoms with E-state index in [1.165, 1.54) is 13.5 Å². The molecular formula is C14H26N2O3. The van der Waals surface area contributed by atoms with E-state index in [-0.39, 0.29) is 24.3 Å². The van der Waals surface area contributed by atoms with E-state index in [0.717, 1.165) is 19.4 Å². The molecule has 1 aliphatic heterocycles. The SMILES string of the molecule is COC(=O)C(NCC(=O)N1CCCCC1C)C(C)C. The summed E-state index contributed by atoms with van der Waals surface area (Å²) in [5.74, 6) is -0.143. The molecule has 2 unspecified atom stereocenters. The van der Waals surface area contributed by atoms with E-state index < -0.39 is 6.04 Å². The summed E-state index contributed by atoms with van der Waals surface area (Å²) in [7, 11) is 1.37. The van der Waals surface area contributed by atoms with E-state index in [9.17, 15) is 9.59 Å². The van der Waals surface area contributed by atoms with E-state index in [1.807, 2.05) is 18.7 Å². The average Bonchev–Trinajstić information content (AvgIpc) is 2.38. The summed E-state index contributed by atoms with van der Waals surface area (Å²) >= 11 is 0. The Bertz CT molecular complexity index is 318. The molecule has 1 N–H and O–H groups in total. The highest BCUT2D eigenvalue weighted by Gasteiger charge is 2.26. The summed E-state index contributed by atoms with van der Waals surface area (Å²) in [6, 6.07) is -0.118. The van der Waals surface area contributed by atoms with E-state index in [0.29, 0.717) is 6.04 Å². The molecule has 0 aromatic rings. The van der Waals surface area contributed by atoms with Gasteiger partial charge in [-0.2, -0.15) is 0 Å². The highest BCUT2D eigenvalue weighted by molar-refractivity contribution is 5.81. The fourth-order valence-electron chi connectivity index (χ4n) is 2.49. The van der Waals surface area contributed by atoms with Gasteiger partial charge in [0.15, 0.2) is 0 Å². The molecule has 0 bridgehead atoms. The van der Waals surface area contributed by atoms with Crippen molar-refractivity contribution < 1.29 is 14.3 Å². The van der Waals surface area contributed by atoms with Crippen LogP contribution >= 0.6 is 0 Å². The van der Waals surface area contributed by atoms with Gasteiger partial charge in [-0.15, -0.1) is 0 Å². The first-order valence-electron chi connectivity index (χ1n) is 7.08. The number of carbonyl (C=O) groups is 2. The van der Waals surface area contributed by atoms with Crippen LogP contribution in [-0.4, -0.2) is 49.1 Å². The standard InChI is InChI=1S/C14H26N2O3/c1-10(2)13(14(18)19-4)15-9-12(17)16-8-6-5-7-11(16)3/h10-11,13,15H,5-9H2,1-4H3. The largest absolute Gasteiger partial charge is 0.468 e. The zero-order valence-electron chi connectivity index (χ0n) is 12.4. The average molecular weight is 270 g/mol. The fourth-order valence-corrected chi connectivity index (χ4v) is 2.49. The van der Waals surface area contributed by atoms with Crippen molar-refractivity contribution in [2.24, 2.45) is 5.92 Å². The number of hydrogen-bond donors (Lipinski definition) is 1. The maximum atomic E-state index is 12.2. The number of likely N-dealkylation sites (tertiary alicyclic amines) is 1. The summed E-state index contributed by atoms with van der Waals surface area (Å²) in [6.45, 7) is 6.97. The number of ether oxygens (including phenoxy) is 1. The predicted octanol–water partition coefficient (Wildman–Crippen LogP) is 1.17. The second kappa shape index (κ2) is 7.48. The van der Waals surface area contributed by atoms with Crippen LogP contribution < -0.4 is 5.32 Å². The fraction of sp³-hybridized carbons (Fsp3) is 0.857. The summed E-state index contributed by atoms with van der Waals surface area (Å²) in [5.41, 5.74) is 0. The molecule has 0 spiro atoms. The third kappa shape index (κ3) is 4.49. The maximum Gasteiger partial charge on any atom is 0.323 e. The van der Waals surface area contributed by atoms with Crippen molar-refractivity contribution >= 4 is 11.9 Å². The van der Waals surface area contributed by atoms with E-state index in [2.05, 4.69) is 12.2 Å². The van der Waals surface area contributed by atoms with E-state index in [4.69, 9.17) is 4.74 Å². The van der Waals surface area contributed by atoms with Crippen LogP contribution in [0.2, 0.25) is 0 Å². The van der Waals surface area contributed by atoms with Gasteiger partial charge in [-0.3, -0.25) is 14.9 Å². The molecule has 0 aromatic carbocycles. The second-order valence-corrected chi connectivity index (χ2v) is 5.56. The Labute approximate surface area is 115 Å². The zero-order chi connectivity index (χ0) is 14.4. The van der Waals surface area contributed by atoms with Crippen molar-refractivity contribution in [1.29, 1.82) is 0 Å². The Kier molecular flexibility index (Phi) is 6.28. The lowest BCUT2D eigenvalue weighted by Crippen LogP contribution is -2.50. The monoisotopic (exact) mass is 270 g/mol. The van der Waals surface area contributed by atoms with E-state index >= 15 is 0 Å². The number of rotatable bonds is 5. The van der Waals surface area contributed by atoms with Crippen molar-refractivity contribution in [3.8, 4) is 0 Å². The molecule has 1 heterocycles. The van der Waals surface area contributed by atoms with Gasteiger partial charge in [-0.05, 0) is 32.1 Å². The lowest BCUT2D eigenvalue weighted by atomic mass is 10.0. The Hall–Kier alpha value is -1.10.